The van der Waals surface area contributed by atoms with E-state index in [4.69, 9.17) is 10.5 Å². The van der Waals surface area contributed by atoms with Crippen molar-refractivity contribution in [3.8, 4) is 28.3 Å². The molecule has 6 aromatic rings. The molecule has 9 heteroatoms. The van der Waals surface area contributed by atoms with Gasteiger partial charge in [-0.1, -0.05) is 18.2 Å². The minimum Gasteiger partial charge on any atom is -0.454 e. The lowest BCUT2D eigenvalue weighted by Crippen LogP contribution is -2.08. The SMILES string of the molecule is Cc1cc(Oc2cccc(F)c2F)ccc1-n1ncc(C(=O)c2cc3c(-c4cc[nH]c4)cccc3[nH]2)c1N. The van der Waals surface area contributed by atoms with Gasteiger partial charge in [-0.05, 0) is 72.1 Å². The molecule has 0 bridgehead atoms. The third-order valence-corrected chi connectivity index (χ3v) is 6.41. The molecule has 3 aromatic carbocycles. The zero-order valence-electron chi connectivity index (χ0n) is 20.1. The van der Waals surface area contributed by atoms with Gasteiger partial charge in [-0.3, -0.25) is 4.79 Å². The number of rotatable bonds is 6. The molecule has 3 aromatic heterocycles. The predicted octanol–water partition coefficient (Wildman–Crippen LogP) is 6.54. The first-order chi connectivity index (χ1) is 18.4. The van der Waals surface area contributed by atoms with E-state index in [1.165, 1.54) is 23.0 Å². The fourth-order valence-electron chi connectivity index (χ4n) is 4.51. The number of fused-ring (bicyclic) bond motifs is 1. The number of halogens is 2. The summed E-state index contributed by atoms with van der Waals surface area (Å²) in [6, 6.07) is 18.3. The summed E-state index contributed by atoms with van der Waals surface area (Å²) >= 11 is 0. The van der Waals surface area contributed by atoms with E-state index < -0.39 is 11.6 Å². The lowest BCUT2D eigenvalue weighted by molar-refractivity contribution is 0.103. The van der Waals surface area contributed by atoms with Crippen molar-refractivity contribution in [2.75, 3.05) is 5.73 Å². The predicted molar refractivity (Wildman–Crippen MR) is 141 cm³/mol. The summed E-state index contributed by atoms with van der Waals surface area (Å²) in [7, 11) is 0. The van der Waals surface area contributed by atoms with E-state index in [1.54, 1.807) is 25.1 Å². The van der Waals surface area contributed by atoms with Crippen molar-refractivity contribution in [2.45, 2.75) is 6.92 Å². The van der Waals surface area contributed by atoms with Crippen molar-refractivity contribution >= 4 is 22.5 Å². The van der Waals surface area contributed by atoms with E-state index >= 15 is 0 Å². The highest BCUT2D eigenvalue weighted by Crippen LogP contribution is 2.32. The number of nitrogens with two attached hydrogens (primary N) is 1. The zero-order valence-corrected chi connectivity index (χ0v) is 20.1. The summed E-state index contributed by atoms with van der Waals surface area (Å²) < 4.78 is 34.5. The molecule has 0 amide bonds. The Kier molecular flexibility index (Phi) is 5.53. The molecule has 0 radical (unpaired) electrons. The summed E-state index contributed by atoms with van der Waals surface area (Å²) in [6.07, 6.45) is 5.18. The lowest BCUT2D eigenvalue weighted by Gasteiger charge is -2.12. The maximum absolute atomic E-state index is 14.0. The molecule has 0 spiro atoms. The van der Waals surface area contributed by atoms with Crippen molar-refractivity contribution in [3.63, 3.8) is 0 Å². The van der Waals surface area contributed by atoms with Crippen LogP contribution >= 0.6 is 0 Å². The normalized spacial score (nSPS) is 11.2. The van der Waals surface area contributed by atoms with Gasteiger partial charge in [0.25, 0.3) is 0 Å². The largest absolute Gasteiger partial charge is 0.454 e. The fraction of sp³-hybridized carbons (Fsp3) is 0.0345. The van der Waals surface area contributed by atoms with E-state index in [0.717, 1.165) is 28.1 Å². The number of carbonyl (C=O) groups is 1. The topological polar surface area (TPSA) is 102 Å². The van der Waals surface area contributed by atoms with Gasteiger partial charge in [0.1, 0.15) is 11.6 Å². The van der Waals surface area contributed by atoms with Gasteiger partial charge in [0.2, 0.25) is 11.6 Å². The van der Waals surface area contributed by atoms with E-state index in [0.29, 0.717) is 22.7 Å². The summed E-state index contributed by atoms with van der Waals surface area (Å²) in [6.45, 7) is 1.80. The highest BCUT2D eigenvalue weighted by atomic mass is 19.2. The number of carbonyl (C=O) groups excluding carboxylic acids is 1. The van der Waals surface area contributed by atoms with Gasteiger partial charge in [0.15, 0.2) is 11.6 Å². The van der Waals surface area contributed by atoms with Crippen LogP contribution < -0.4 is 10.5 Å². The van der Waals surface area contributed by atoms with Crippen LogP contribution in [-0.2, 0) is 0 Å². The Hall–Kier alpha value is -5.18. The van der Waals surface area contributed by atoms with Crippen LogP contribution in [0.4, 0.5) is 14.6 Å². The Labute approximate surface area is 215 Å². The molecule has 3 heterocycles. The van der Waals surface area contributed by atoms with E-state index in [-0.39, 0.29) is 22.9 Å². The van der Waals surface area contributed by atoms with Gasteiger partial charge in [0.05, 0.1) is 23.1 Å². The van der Waals surface area contributed by atoms with Crippen molar-refractivity contribution in [2.24, 2.45) is 0 Å². The van der Waals surface area contributed by atoms with Gasteiger partial charge in [-0.25, -0.2) is 9.07 Å². The lowest BCUT2D eigenvalue weighted by atomic mass is 10.0. The molecular formula is C29H21F2N5O2. The number of hydrogen-bond acceptors (Lipinski definition) is 4. The number of aryl methyl sites for hydroxylation is 1. The van der Waals surface area contributed by atoms with Crippen LogP contribution in [-0.4, -0.2) is 25.5 Å². The fourth-order valence-corrected chi connectivity index (χ4v) is 4.51. The molecule has 38 heavy (non-hydrogen) atoms. The van der Waals surface area contributed by atoms with Crippen LogP contribution in [0.2, 0.25) is 0 Å². The third-order valence-electron chi connectivity index (χ3n) is 6.41. The van der Waals surface area contributed by atoms with Crippen LogP contribution in [0.3, 0.4) is 0 Å². The van der Waals surface area contributed by atoms with E-state index in [1.807, 2.05) is 42.7 Å². The molecule has 6 rings (SSSR count). The molecule has 7 nitrogen and oxygen atoms in total. The molecule has 0 saturated heterocycles. The molecule has 0 fully saturated rings. The molecule has 0 aliphatic rings. The minimum absolute atomic E-state index is 0.174. The first kappa shape index (κ1) is 23.2. The number of benzene rings is 3. The Bertz CT molecular complexity index is 1820. The second-order valence-corrected chi connectivity index (χ2v) is 8.84. The van der Waals surface area contributed by atoms with Crippen LogP contribution in [0.5, 0.6) is 11.5 Å². The summed E-state index contributed by atoms with van der Waals surface area (Å²) in [4.78, 5) is 19.7. The van der Waals surface area contributed by atoms with Gasteiger partial charge in [0, 0.05) is 23.3 Å². The highest BCUT2D eigenvalue weighted by molar-refractivity contribution is 6.13. The van der Waals surface area contributed by atoms with Crippen molar-refractivity contribution in [1.29, 1.82) is 0 Å². The van der Waals surface area contributed by atoms with Crippen molar-refractivity contribution < 1.29 is 18.3 Å². The first-order valence-electron chi connectivity index (χ1n) is 11.8. The van der Waals surface area contributed by atoms with E-state index in [9.17, 15) is 13.6 Å². The average molecular weight is 510 g/mol. The number of ether oxygens (including phenoxy) is 1. The molecular weight excluding hydrogens is 488 g/mol. The van der Waals surface area contributed by atoms with E-state index in [2.05, 4.69) is 15.1 Å². The Balaban J connectivity index is 1.30. The van der Waals surface area contributed by atoms with Crippen molar-refractivity contribution in [3.05, 3.63) is 114 Å². The Morgan fingerprint density at radius 1 is 1.05 bits per heavy atom. The number of hydrogen-bond donors (Lipinski definition) is 3. The third kappa shape index (κ3) is 3.90. The molecule has 4 N–H and O–H groups in total. The molecule has 188 valence electrons. The monoisotopic (exact) mass is 509 g/mol. The number of nitrogen functional groups attached to an aromatic ring is 1. The number of anilines is 1. The van der Waals surface area contributed by atoms with Gasteiger partial charge >= 0.3 is 0 Å². The van der Waals surface area contributed by atoms with Gasteiger partial charge < -0.3 is 20.4 Å². The number of nitrogens with zero attached hydrogens (tertiary/aromatic N) is 2. The van der Waals surface area contributed by atoms with Crippen LogP contribution in [0.25, 0.3) is 27.7 Å². The maximum atomic E-state index is 14.0. The Morgan fingerprint density at radius 2 is 1.89 bits per heavy atom. The van der Waals surface area contributed by atoms with Gasteiger partial charge in [-0.2, -0.15) is 9.49 Å². The maximum Gasteiger partial charge on any atom is 0.214 e. The summed E-state index contributed by atoms with van der Waals surface area (Å²) in [5, 5.41) is 5.27. The standard InChI is InChI=1S/C29H21F2N5O2/c1-16-12-18(38-26-7-3-5-22(30)27(26)31)8-9-25(16)36-29(32)21(15-34-36)28(37)24-13-20-19(17-10-11-33-14-17)4-2-6-23(20)35-24/h2-15,33,35H,32H2,1H3. The molecule has 0 unspecified atom stereocenters. The quantitative estimate of drug-likeness (QED) is 0.222. The Morgan fingerprint density at radius 3 is 2.68 bits per heavy atom. The number of aromatic nitrogens is 4. The number of nitrogens with one attached hydrogen (secondary N) is 2. The number of aromatic amines is 2. The molecule has 0 aliphatic carbocycles. The highest BCUT2D eigenvalue weighted by Gasteiger charge is 2.21. The van der Waals surface area contributed by atoms with Crippen molar-refractivity contribution in [1.82, 2.24) is 19.7 Å². The molecule has 0 aliphatic heterocycles. The second-order valence-electron chi connectivity index (χ2n) is 8.84. The minimum atomic E-state index is -1.06. The molecule has 0 saturated carbocycles. The number of H-pyrrole nitrogens is 2. The smallest absolute Gasteiger partial charge is 0.214 e. The summed E-state index contributed by atoms with van der Waals surface area (Å²) in [5.74, 6) is -2.08. The van der Waals surface area contributed by atoms with Crippen LogP contribution in [0, 0.1) is 18.6 Å². The average Bonchev–Trinajstić information content (AvgIpc) is 3.67. The first-order valence-corrected chi connectivity index (χ1v) is 11.8. The molecule has 0 atom stereocenters. The van der Waals surface area contributed by atoms with Crippen LogP contribution in [0.1, 0.15) is 21.6 Å². The van der Waals surface area contributed by atoms with Crippen LogP contribution in [0.15, 0.2) is 85.3 Å². The summed E-state index contributed by atoms with van der Waals surface area (Å²) in [5.41, 5.74) is 11.2. The van der Waals surface area contributed by atoms with Gasteiger partial charge in [-0.15, -0.1) is 0 Å². The number of ketones is 1. The zero-order chi connectivity index (χ0) is 26.4. The second kappa shape index (κ2) is 9.04.